The molecule has 0 saturated carbocycles. The van der Waals surface area contributed by atoms with Gasteiger partial charge in [-0.05, 0) is 55.7 Å². The van der Waals surface area contributed by atoms with Crippen molar-refractivity contribution in [2.75, 3.05) is 11.9 Å². The minimum absolute atomic E-state index is 0.363. The van der Waals surface area contributed by atoms with Gasteiger partial charge in [0.25, 0.3) is 0 Å². The zero-order chi connectivity index (χ0) is 16.2. The van der Waals surface area contributed by atoms with Crippen LogP contribution in [-0.4, -0.2) is 21.1 Å². The highest BCUT2D eigenvalue weighted by Gasteiger charge is 2.26. The summed E-state index contributed by atoms with van der Waals surface area (Å²) in [6.07, 6.45) is 7.03. The van der Waals surface area contributed by atoms with Gasteiger partial charge in [-0.15, -0.1) is 0 Å². The second kappa shape index (κ2) is 7.18. The van der Waals surface area contributed by atoms with Gasteiger partial charge in [-0.1, -0.05) is 31.0 Å². The molecule has 2 heterocycles. The van der Waals surface area contributed by atoms with E-state index in [1.165, 1.54) is 30.5 Å². The summed E-state index contributed by atoms with van der Waals surface area (Å²) >= 11 is 5.78. The third kappa shape index (κ3) is 3.58. The van der Waals surface area contributed by atoms with Crippen LogP contribution < -0.4 is 5.32 Å². The average Bonchev–Trinajstić information content (AvgIpc) is 2.82. The van der Waals surface area contributed by atoms with Crippen molar-refractivity contribution in [1.82, 2.24) is 9.47 Å². The van der Waals surface area contributed by atoms with Gasteiger partial charge in [-0.2, -0.15) is 0 Å². The van der Waals surface area contributed by atoms with Gasteiger partial charge in [0, 0.05) is 31.2 Å². The van der Waals surface area contributed by atoms with Crippen molar-refractivity contribution in [2.24, 2.45) is 7.05 Å². The summed E-state index contributed by atoms with van der Waals surface area (Å²) in [7, 11) is 2.12. The lowest BCUT2D eigenvalue weighted by atomic mass is 10.1. The fourth-order valence-electron chi connectivity index (χ4n) is 3.38. The lowest BCUT2D eigenvalue weighted by molar-refractivity contribution is 0.315. The van der Waals surface area contributed by atoms with Gasteiger partial charge in [-0.3, -0.25) is 0 Å². The van der Waals surface area contributed by atoms with E-state index in [9.17, 15) is 0 Å². The Labute approximate surface area is 144 Å². The molecule has 3 rings (SSSR count). The molecule has 0 spiro atoms. The highest BCUT2D eigenvalue weighted by molar-refractivity contribution is 7.80. The quantitative estimate of drug-likeness (QED) is 0.811. The summed E-state index contributed by atoms with van der Waals surface area (Å²) in [5, 5.41) is 4.31. The number of benzene rings is 1. The smallest absolute Gasteiger partial charge is 0.173 e. The van der Waals surface area contributed by atoms with Gasteiger partial charge >= 0.3 is 0 Å². The number of hydrogen-bond donors (Lipinski definition) is 1. The Bertz CT molecular complexity index is 677. The number of rotatable bonds is 2. The molecule has 1 fully saturated rings. The minimum atomic E-state index is 0.363. The number of aryl methyl sites for hydroxylation is 2. The number of para-hydroxylation sites is 1. The van der Waals surface area contributed by atoms with E-state index in [2.05, 4.69) is 71.4 Å². The first-order chi connectivity index (χ1) is 11.2. The molecule has 0 unspecified atom stereocenters. The van der Waals surface area contributed by atoms with E-state index in [1.807, 2.05) is 0 Å². The molecule has 3 nitrogen and oxygen atoms in total. The largest absolute Gasteiger partial charge is 0.353 e. The fourth-order valence-corrected chi connectivity index (χ4v) is 3.71. The number of likely N-dealkylation sites (tertiary alicyclic amines) is 1. The highest BCUT2D eigenvalue weighted by Crippen LogP contribution is 2.31. The molecule has 0 amide bonds. The van der Waals surface area contributed by atoms with Crippen molar-refractivity contribution in [3.05, 3.63) is 53.9 Å². The Morgan fingerprint density at radius 1 is 1.13 bits per heavy atom. The Morgan fingerprint density at radius 3 is 2.70 bits per heavy atom. The molecule has 1 aliphatic heterocycles. The molecule has 1 aromatic carbocycles. The number of anilines is 1. The van der Waals surface area contributed by atoms with Crippen molar-refractivity contribution >= 4 is 23.0 Å². The molecule has 0 radical (unpaired) electrons. The maximum atomic E-state index is 5.78. The van der Waals surface area contributed by atoms with E-state index in [1.54, 1.807) is 0 Å². The summed E-state index contributed by atoms with van der Waals surface area (Å²) in [4.78, 5) is 2.38. The van der Waals surface area contributed by atoms with Gasteiger partial charge in [0.05, 0.1) is 6.04 Å². The molecular formula is C19H25N3S. The van der Waals surface area contributed by atoms with Gasteiger partial charge in [0.15, 0.2) is 5.11 Å². The molecule has 122 valence electrons. The van der Waals surface area contributed by atoms with Crippen molar-refractivity contribution in [3.8, 4) is 0 Å². The minimum Gasteiger partial charge on any atom is -0.353 e. The topological polar surface area (TPSA) is 20.2 Å². The van der Waals surface area contributed by atoms with Crippen molar-refractivity contribution < 1.29 is 0 Å². The standard InChI is InChI=1S/C19H25N3S/c1-15-9-5-6-10-16(15)20-19(23)22-14-7-3-4-11-18(22)17-12-8-13-21(17)2/h5-6,8-10,12-13,18H,3-4,7,11,14H2,1-2H3,(H,20,23)/t18-/m1/s1. The summed E-state index contributed by atoms with van der Waals surface area (Å²) in [6.45, 7) is 3.13. The number of aromatic nitrogens is 1. The number of nitrogens with one attached hydrogen (secondary N) is 1. The monoisotopic (exact) mass is 327 g/mol. The highest BCUT2D eigenvalue weighted by atomic mass is 32.1. The average molecular weight is 327 g/mol. The summed E-state index contributed by atoms with van der Waals surface area (Å²) in [5.41, 5.74) is 3.67. The number of nitrogens with zero attached hydrogens (tertiary/aromatic N) is 2. The predicted octanol–water partition coefficient (Wildman–Crippen LogP) is 4.65. The molecule has 0 bridgehead atoms. The van der Waals surface area contributed by atoms with Crippen LogP contribution in [-0.2, 0) is 7.05 Å². The molecule has 1 aromatic heterocycles. The summed E-state index contributed by atoms with van der Waals surface area (Å²) in [6, 6.07) is 13.0. The number of hydrogen-bond acceptors (Lipinski definition) is 1. The van der Waals surface area contributed by atoms with Gasteiger partial charge in [0.1, 0.15) is 0 Å². The van der Waals surface area contributed by atoms with Crippen LogP contribution in [0, 0.1) is 6.92 Å². The second-order valence-corrected chi connectivity index (χ2v) is 6.73. The molecular weight excluding hydrogens is 302 g/mol. The molecule has 1 N–H and O–H groups in total. The third-order valence-corrected chi connectivity index (χ3v) is 5.06. The van der Waals surface area contributed by atoms with Crippen molar-refractivity contribution in [1.29, 1.82) is 0 Å². The Morgan fingerprint density at radius 2 is 1.96 bits per heavy atom. The first-order valence-electron chi connectivity index (χ1n) is 8.41. The van der Waals surface area contributed by atoms with Crippen LogP contribution >= 0.6 is 12.2 Å². The predicted molar refractivity (Wildman–Crippen MR) is 101 cm³/mol. The second-order valence-electron chi connectivity index (χ2n) is 6.35. The van der Waals surface area contributed by atoms with Gasteiger partial charge in [-0.25, -0.2) is 0 Å². The molecule has 1 aliphatic rings. The van der Waals surface area contributed by atoms with Crippen LogP contribution in [0.4, 0.5) is 5.69 Å². The van der Waals surface area contributed by atoms with E-state index in [0.29, 0.717) is 6.04 Å². The Hall–Kier alpha value is -1.81. The number of thiocarbonyl (C=S) groups is 1. The van der Waals surface area contributed by atoms with E-state index in [-0.39, 0.29) is 0 Å². The first kappa shape index (κ1) is 16.1. The fraction of sp³-hybridized carbons (Fsp3) is 0.421. The van der Waals surface area contributed by atoms with E-state index in [4.69, 9.17) is 12.2 Å². The van der Waals surface area contributed by atoms with E-state index >= 15 is 0 Å². The van der Waals surface area contributed by atoms with Crippen LogP contribution in [0.2, 0.25) is 0 Å². The van der Waals surface area contributed by atoms with Crippen LogP contribution in [0.3, 0.4) is 0 Å². The van der Waals surface area contributed by atoms with Crippen LogP contribution in [0.1, 0.15) is 43.0 Å². The molecule has 23 heavy (non-hydrogen) atoms. The maximum absolute atomic E-state index is 5.78. The zero-order valence-electron chi connectivity index (χ0n) is 14.0. The SMILES string of the molecule is Cc1ccccc1NC(=S)N1CCCCC[C@@H]1c1cccn1C. The Balaban J connectivity index is 1.83. The zero-order valence-corrected chi connectivity index (χ0v) is 14.8. The van der Waals surface area contributed by atoms with Gasteiger partial charge < -0.3 is 14.8 Å². The summed E-state index contributed by atoms with van der Waals surface area (Å²) in [5.74, 6) is 0. The third-order valence-electron chi connectivity index (χ3n) is 4.73. The molecule has 2 aromatic rings. The van der Waals surface area contributed by atoms with E-state index in [0.717, 1.165) is 23.8 Å². The van der Waals surface area contributed by atoms with Crippen LogP contribution in [0.25, 0.3) is 0 Å². The molecule has 4 heteroatoms. The molecule has 1 atom stereocenters. The molecule has 1 saturated heterocycles. The van der Waals surface area contributed by atoms with Gasteiger partial charge in [0.2, 0.25) is 0 Å². The summed E-state index contributed by atoms with van der Waals surface area (Å²) < 4.78 is 2.22. The Kier molecular flexibility index (Phi) is 5.01. The lowest BCUT2D eigenvalue weighted by Gasteiger charge is -2.33. The molecule has 0 aliphatic carbocycles. The lowest BCUT2D eigenvalue weighted by Crippen LogP contribution is -2.38. The van der Waals surface area contributed by atoms with Crippen molar-refractivity contribution in [2.45, 2.75) is 38.6 Å². The normalized spacial score (nSPS) is 18.5. The first-order valence-corrected chi connectivity index (χ1v) is 8.82. The van der Waals surface area contributed by atoms with Crippen LogP contribution in [0.5, 0.6) is 0 Å². The van der Waals surface area contributed by atoms with Crippen molar-refractivity contribution in [3.63, 3.8) is 0 Å². The maximum Gasteiger partial charge on any atom is 0.173 e. The van der Waals surface area contributed by atoms with Crippen LogP contribution in [0.15, 0.2) is 42.6 Å². The van der Waals surface area contributed by atoms with E-state index < -0.39 is 0 Å².